The highest BCUT2D eigenvalue weighted by atomic mass is 35.5. The molecule has 0 bridgehead atoms. The Bertz CT molecular complexity index is 902. The molecular weight excluding hydrogens is 383 g/mol. The summed E-state index contributed by atoms with van der Waals surface area (Å²) in [5.41, 5.74) is 1.31. The van der Waals surface area contributed by atoms with E-state index in [0.717, 1.165) is 18.3 Å². The van der Waals surface area contributed by atoms with Crippen molar-refractivity contribution >= 4 is 44.8 Å². The van der Waals surface area contributed by atoms with Crippen molar-refractivity contribution in [2.75, 3.05) is 0 Å². The number of carbonyl (C=O) groups is 1. The Balaban J connectivity index is 2.14. The average Bonchev–Trinajstić information content (AvgIpc) is 2.53. The number of nitrogens with one attached hydrogen (secondary N) is 2. The number of benzene rings is 1. The van der Waals surface area contributed by atoms with E-state index in [0.29, 0.717) is 0 Å². The fourth-order valence-electron chi connectivity index (χ4n) is 1.56. The summed E-state index contributed by atoms with van der Waals surface area (Å²) in [6.45, 7) is 0. The topological polar surface area (TPSA) is 131 Å². The Morgan fingerprint density at radius 2 is 1.92 bits per heavy atom. The molecule has 0 saturated heterocycles. The molecule has 1 aromatic carbocycles. The van der Waals surface area contributed by atoms with Crippen molar-refractivity contribution in [1.29, 1.82) is 0 Å². The lowest BCUT2D eigenvalue weighted by Crippen LogP contribution is -2.41. The van der Waals surface area contributed by atoms with Gasteiger partial charge in [-0.1, -0.05) is 23.2 Å². The van der Waals surface area contributed by atoms with Crippen LogP contribution in [0, 0.1) is 10.1 Å². The minimum Gasteiger partial charge on any atom is -0.273 e. The Hall–Kier alpha value is -2.27. The van der Waals surface area contributed by atoms with Crippen molar-refractivity contribution in [3.63, 3.8) is 0 Å². The smallest absolute Gasteiger partial charge is 0.273 e. The maximum Gasteiger partial charge on any atom is 0.288 e. The number of hydrogen-bond acceptors (Lipinski definition) is 6. The molecule has 0 saturated carbocycles. The van der Waals surface area contributed by atoms with Crippen LogP contribution in [0.5, 0.6) is 0 Å². The van der Waals surface area contributed by atoms with Crippen LogP contribution in [0.1, 0.15) is 10.4 Å². The van der Waals surface area contributed by atoms with Crippen LogP contribution in [-0.2, 0) is 10.0 Å². The third kappa shape index (κ3) is 4.17. The summed E-state index contributed by atoms with van der Waals surface area (Å²) in [5, 5.41) is 10.7. The molecule has 0 aliphatic rings. The molecule has 0 aliphatic carbocycles. The SMILES string of the molecule is O=C(NNS(=O)(=O)c1ccc(Cl)nc1)c1ccc(Cl)c([N+](=O)[O-])c1. The van der Waals surface area contributed by atoms with Crippen LogP contribution in [0.3, 0.4) is 0 Å². The molecule has 1 aromatic heterocycles. The zero-order chi connectivity index (χ0) is 17.9. The van der Waals surface area contributed by atoms with Crippen molar-refractivity contribution in [3.05, 3.63) is 62.4 Å². The Labute approximate surface area is 145 Å². The van der Waals surface area contributed by atoms with Gasteiger partial charge in [0, 0.05) is 17.8 Å². The monoisotopic (exact) mass is 390 g/mol. The summed E-state index contributed by atoms with van der Waals surface area (Å²) in [4.78, 5) is 27.2. The van der Waals surface area contributed by atoms with Crippen molar-refractivity contribution in [2.45, 2.75) is 4.90 Å². The highest BCUT2D eigenvalue weighted by Gasteiger charge is 2.19. The molecule has 126 valence electrons. The maximum atomic E-state index is 12.0. The average molecular weight is 391 g/mol. The number of nitro groups is 1. The number of carbonyl (C=O) groups excluding carboxylic acids is 1. The Kier molecular flexibility index (Phi) is 5.34. The largest absolute Gasteiger partial charge is 0.288 e. The zero-order valence-electron chi connectivity index (χ0n) is 11.6. The second-order valence-electron chi connectivity index (χ2n) is 4.30. The molecule has 0 spiro atoms. The summed E-state index contributed by atoms with van der Waals surface area (Å²) in [7, 11) is -4.08. The van der Waals surface area contributed by atoms with Crippen molar-refractivity contribution < 1.29 is 18.1 Å². The van der Waals surface area contributed by atoms with Gasteiger partial charge in [-0.05, 0) is 24.3 Å². The van der Waals surface area contributed by atoms with Crippen LogP contribution in [0.4, 0.5) is 5.69 Å². The first kappa shape index (κ1) is 18.1. The van der Waals surface area contributed by atoms with E-state index in [9.17, 15) is 23.3 Å². The van der Waals surface area contributed by atoms with Gasteiger partial charge in [-0.15, -0.1) is 4.83 Å². The van der Waals surface area contributed by atoms with E-state index in [1.807, 2.05) is 10.3 Å². The predicted octanol–water partition coefficient (Wildman–Crippen LogP) is 1.92. The molecule has 2 aromatic rings. The van der Waals surface area contributed by atoms with Crippen LogP contribution >= 0.6 is 23.2 Å². The highest BCUT2D eigenvalue weighted by Crippen LogP contribution is 2.24. The van der Waals surface area contributed by atoms with Gasteiger partial charge in [-0.25, -0.2) is 13.4 Å². The second kappa shape index (κ2) is 7.09. The number of sulfonamides is 1. The molecular formula is C12H8Cl2N4O5S. The van der Waals surface area contributed by atoms with Gasteiger partial charge in [0.05, 0.1) is 4.92 Å². The van der Waals surface area contributed by atoms with Crippen LogP contribution < -0.4 is 10.3 Å². The molecule has 1 heterocycles. The molecule has 0 aliphatic heterocycles. The number of aromatic nitrogens is 1. The number of pyridine rings is 1. The summed E-state index contributed by atoms with van der Waals surface area (Å²) in [6.07, 6.45) is 1.00. The number of hydrogen-bond donors (Lipinski definition) is 2. The molecule has 2 N–H and O–H groups in total. The summed E-state index contributed by atoms with van der Waals surface area (Å²) in [5.74, 6) is -0.903. The van der Waals surface area contributed by atoms with Crippen LogP contribution in [-0.4, -0.2) is 24.2 Å². The maximum absolute atomic E-state index is 12.0. The molecule has 9 nitrogen and oxygen atoms in total. The van der Waals surface area contributed by atoms with Crippen LogP contribution in [0.2, 0.25) is 10.2 Å². The van der Waals surface area contributed by atoms with Gasteiger partial charge in [0.2, 0.25) is 0 Å². The molecule has 0 radical (unpaired) electrons. The van der Waals surface area contributed by atoms with Gasteiger partial charge in [0.15, 0.2) is 0 Å². The highest BCUT2D eigenvalue weighted by molar-refractivity contribution is 7.89. The third-order valence-electron chi connectivity index (χ3n) is 2.71. The van der Waals surface area contributed by atoms with Crippen molar-refractivity contribution in [2.24, 2.45) is 0 Å². The fourth-order valence-corrected chi connectivity index (χ4v) is 2.64. The number of nitro benzene ring substituents is 1. The Morgan fingerprint density at radius 1 is 1.21 bits per heavy atom. The van der Waals surface area contributed by atoms with Crippen molar-refractivity contribution in [3.8, 4) is 0 Å². The molecule has 0 fully saturated rings. The summed E-state index contributed by atoms with van der Waals surface area (Å²) < 4.78 is 23.9. The van der Waals surface area contributed by atoms with Gasteiger partial charge in [-0.3, -0.25) is 20.3 Å². The fraction of sp³-hybridized carbons (Fsp3) is 0. The van der Waals surface area contributed by atoms with E-state index >= 15 is 0 Å². The van der Waals surface area contributed by atoms with E-state index in [1.54, 1.807) is 0 Å². The summed E-state index contributed by atoms with van der Waals surface area (Å²) in [6, 6.07) is 5.75. The molecule has 0 unspecified atom stereocenters. The number of amides is 1. The van der Waals surface area contributed by atoms with Crippen molar-refractivity contribution in [1.82, 2.24) is 15.2 Å². The normalized spacial score (nSPS) is 11.1. The van der Waals surface area contributed by atoms with Gasteiger partial charge < -0.3 is 0 Å². The Morgan fingerprint density at radius 3 is 2.50 bits per heavy atom. The first-order valence-electron chi connectivity index (χ1n) is 6.08. The van der Waals surface area contributed by atoms with E-state index in [1.165, 1.54) is 18.2 Å². The predicted molar refractivity (Wildman–Crippen MR) is 85.1 cm³/mol. The van der Waals surface area contributed by atoms with E-state index in [-0.39, 0.29) is 20.6 Å². The second-order valence-corrected chi connectivity index (χ2v) is 6.78. The first-order valence-corrected chi connectivity index (χ1v) is 8.32. The van der Waals surface area contributed by atoms with E-state index < -0.39 is 26.5 Å². The third-order valence-corrected chi connectivity index (χ3v) is 4.49. The quantitative estimate of drug-likeness (QED) is 0.455. The minimum absolute atomic E-state index is 0.103. The minimum atomic E-state index is -4.08. The molecule has 0 atom stereocenters. The van der Waals surface area contributed by atoms with Gasteiger partial charge in [0.25, 0.3) is 21.6 Å². The van der Waals surface area contributed by atoms with Crippen LogP contribution in [0.15, 0.2) is 41.4 Å². The molecule has 12 heteroatoms. The summed E-state index contributed by atoms with van der Waals surface area (Å²) >= 11 is 11.2. The molecule has 1 amide bonds. The number of halogens is 2. The zero-order valence-corrected chi connectivity index (χ0v) is 13.9. The van der Waals surface area contributed by atoms with E-state index in [4.69, 9.17) is 23.2 Å². The van der Waals surface area contributed by atoms with Crippen LogP contribution in [0.25, 0.3) is 0 Å². The number of nitrogens with zero attached hydrogens (tertiary/aromatic N) is 2. The lowest BCUT2D eigenvalue weighted by molar-refractivity contribution is -0.384. The van der Waals surface area contributed by atoms with Gasteiger partial charge in [0.1, 0.15) is 15.1 Å². The lowest BCUT2D eigenvalue weighted by atomic mass is 10.2. The lowest BCUT2D eigenvalue weighted by Gasteiger charge is -2.08. The van der Waals surface area contributed by atoms with Gasteiger partial charge >= 0.3 is 0 Å². The molecule has 2 rings (SSSR count). The first-order chi connectivity index (χ1) is 11.2. The standard InChI is InChI=1S/C12H8Cl2N4O5S/c13-9-3-1-7(5-10(9)18(20)21)12(19)16-17-24(22,23)8-2-4-11(14)15-6-8/h1-6,17H,(H,16,19). The van der Waals surface area contributed by atoms with Gasteiger partial charge in [-0.2, -0.15) is 0 Å². The molecule has 24 heavy (non-hydrogen) atoms. The number of hydrazine groups is 1. The van der Waals surface area contributed by atoms with E-state index in [2.05, 4.69) is 4.98 Å². The number of rotatable bonds is 5.